The Hall–Kier alpha value is -2.05. The van der Waals surface area contributed by atoms with Gasteiger partial charge in [-0.25, -0.2) is 0 Å². The highest BCUT2D eigenvalue weighted by atomic mass is 79.9. The van der Waals surface area contributed by atoms with Gasteiger partial charge in [-0.3, -0.25) is 9.59 Å². The highest BCUT2D eigenvalue weighted by Gasteiger charge is 2.27. The zero-order chi connectivity index (χ0) is 23.0. The highest BCUT2D eigenvalue weighted by molar-refractivity contribution is 9.10. The molecule has 2 atom stereocenters. The lowest BCUT2D eigenvalue weighted by molar-refractivity contribution is -0.142. The Kier molecular flexibility index (Phi) is 9.85. The van der Waals surface area contributed by atoms with Crippen molar-refractivity contribution >= 4 is 39.3 Å². The number of hydrogen-bond acceptors (Lipinski definition) is 3. The van der Waals surface area contributed by atoms with Gasteiger partial charge >= 0.3 is 0 Å². The molecule has 0 spiro atoms. The van der Waals surface area contributed by atoms with Crippen LogP contribution in [0.5, 0.6) is 5.75 Å². The van der Waals surface area contributed by atoms with Crippen LogP contribution in [0.3, 0.4) is 0 Å². The van der Waals surface area contributed by atoms with Gasteiger partial charge in [0, 0.05) is 17.6 Å². The summed E-state index contributed by atoms with van der Waals surface area (Å²) in [7, 11) is 0. The number of nitrogens with one attached hydrogen (secondary N) is 1. The zero-order valence-corrected chi connectivity index (χ0v) is 20.8. The summed E-state index contributed by atoms with van der Waals surface area (Å²) in [5, 5.41) is 3.50. The monoisotopic (exact) mass is 508 g/mol. The number of amides is 2. The van der Waals surface area contributed by atoms with Crippen molar-refractivity contribution in [3.05, 3.63) is 63.1 Å². The van der Waals surface area contributed by atoms with Gasteiger partial charge in [0.1, 0.15) is 11.8 Å². The van der Waals surface area contributed by atoms with E-state index < -0.39 is 6.04 Å². The number of hydrogen-bond donors (Lipinski definition) is 1. The van der Waals surface area contributed by atoms with Gasteiger partial charge in [0.2, 0.25) is 5.91 Å². The van der Waals surface area contributed by atoms with Crippen molar-refractivity contribution in [2.24, 2.45) is 0 Å². The molecule has 1 N–H and O–H groups in total. The van der Waals surface area contributed by atoms with Crippen molar-refractivity contribution in [3.8, 4) is 5.75 Å². The van der Waals surface area contributed by atoms with Crippen LogP contribution in [0.1, 0.15) is 45.2 Å². The molecule has 2 unspecified atom stereocenters. The van der Waals surface area contributed by atoms with Gasteiger partial charge in [-0.15, -0.1) is 0 Å². The van der Waals surface area contributed by atoms with E-state index in [0.29, 0.717) is 10.8 Å². The molecule has 2 amide bonds. The smallest absolute Gasteiger partial charge is 0.261 e. The summed E-state index contributed by atoms with van der Waals surface area (Å²) in [6.07, 6.45) is 1.72. The fourth-order valence-corrected chi connectivity index (χ4v) is 3.70. The molecule has 5 nitrogen and oxygen atoms in total. The van der Waals surface area contributed by atoms with Crippen LogP contribution < -0.4 is 10.1 Å². The number of rotatable bonds is 10. The lowest BCUT2D eigenvalue weighted by atomic mass is 10.1. The van der Waals surface area contributed by atoms with E-state index in [1.165, 1.54) is 10.5 Å². The average molecular weight is 510 g/mol. The van der Waals surface area contributed by atoms with Crippen LogP contribution in [0.4, 0.5) is 0 Å². The molecule has 7 heteroatoms. The molecule has 0 aliphatic carbocycles. The number of nitrogens with zero attached hydrogens (tertiary/aromatic N) is 1. The maximum atomic E-state index is 13.1. The average Bonchev–Trinajstić information content (AvgIpc) is 2.76. The van der Waals surface area contributed by atoms with E-state index in [4.69, 9.17) is 16.3 Å². The Balaban J connectivity index is 2.19. The molecule has 31 heavy (non-hydrogen) atoms. The zero-order valence-electron chi connectivity index (χ0n) is 18.5. The first-order chi connectivity index (χ1) is 14.8. The fraction of sp³-hybridized carbons (Fsp3) is 0.417. The normalized spacial score (nSPS) is 12.7. The van der Waals surface area contributed by atoms with E-state index in [1.807, 2.05) is 50.2 Å². The van der Waals surface area contributed by atoms with Crippen molar-refractivity contribution < 1.29 is 14.3 Å². The topological polar surface area (TPSA) is 58.6 Å². The number of halogens is 2. The third-order valence-electron chi connectivity index (χ3n) is 5.22. The van der Waals surface area contributed by atoms with Gasteiger partial charge in [0.25, 0.3) is 5.91 Å². The second-order valence-electron chi connectivity index (χ2n) is 7.51. The number of aryl methyl sites for hydroxylation is 1. The SMILES string of the molecule is CCc1ccc(OCC(=O)N(Cc2ccccc2Cl)C(C)C(=O)NC(C)CC)c(Br)c1. The molecule has 2 rings (SSSR count). The van der Waals surface area contributed by atoms with Gasteiger partial charge < -0.3 is 15.0 Å². The van der Waals surface area contributed by atoms with Gasteiger partial charge in [0.05, 0.1) is 4.47 Å². The number of carbonyl (C=O) groups excluding carboxylic acids is 2. The summed E-state index contributed by atoms with van der Waals surface area (Å²) in [6, 6.07) is 12.4. The Morgan fingerprint density at radius 2 is 1.87 bits per heavy atom. The first-order valence-corrected chi connectivity index (χ1v) is 11.7. The summed E-state index contributed by atoms with van der Waals surface area (Å²) in [5.41, 5.74) is 1.94. The molecule has 0 radical (unpaired) electrons. The van der Waals surface area contributed by atoms with Crippen molar-refractivity contribution in [1.29, 1.82) is 0 Å². The number of carbonyl (C=O) groups is 2. The van der Waals surface area contributed by atoms with E-state index in [1.54, 1.807) is 13.0 Å². The van der Waals surface area contributed by atoms with Crippen LogP contribution in [-0.4, -0.2) is 35.4 Å². The second kappa shape index (κ2) is 12.1. The molecule has 0 heterocycles. The Morgan fingerprint density at radius 1 is 1.16 bits per heavy atom. The molecule has 168 valence electrons. The van der Waals surface area contributed by atoms with Crippen LogP contribution in [0, 0.1) is 0 Å². The van der Waals surface area contributed by atoms with E-state index >= 15 is 0 Å². The maximum Gasteiger partial charge on any atom is 0.261 e. The van der Waals surface area contributed by atoms with Crippen molar-refractivity contribution in [2.45, 2.75) is 59.2 Å². The second-order valence-corrected chi connectivity index (χ2v) is 8.78. The third-order valence-corrected chi connectivity index (χ3v) is 6.21. The van der Waals surface area contributed by atoms with Gasteiger partial charge in [-0.1, -0.05) is 49.7 Å². The van der Waals surface area contributed by atoms with Crippen LogP contribution in [-0.2, 0) is 22.6 Å². The van der Waals surface area contributed by atoms with Gasteiger partial charge in [0.15, 0.2) is 6.61 Å². The predicted molar refractivity (Wildman–Crippen MR) is 128 cm³/mol. The van der Waals surface area contributed by atoms with E-state index in [2.05, 4.69) is 28.2 Å². The Bertz CT molecular complexity index is 906. The van der Waals surface area contributed by atoms with Crippen LogP contribution >= 0.6 is 27.5 Å². The van der Waals surface area contributed by atoms with Crippen molar-refractivity contribution in [3.63, 3.8) is 0 Å². The predicted octanol–water partition coefficient (Wildman–Crippen LogP) is 5.38. The maximum absolute atomic E-state index is 13.1. The molecule has 0 fully saturated rings. The van der Waals surface area contributed by atoms with Crippen LogP contribution in [0.15, 0.2) is 46.9 Å². The summed E-state index contributed by atoms with van der Waals surface area (Å²) in [4.78, 5) is 27.4. The summed E-state index contributed by atoms with van der Waals surface area (Å²) in [6.45, 7) is 7.76. The quantitative estimate of drug-likeness (QED) is 0.468. The Labute approximate surface area is 198 Å². The first-order valence-electron chi connectivity index (χ1n) is 10.5. The Morgan fingerprint density at radius 3 is 2.48 bits per heavy atom. The summed E-state index contributed by atoms with van der Waals surface area (Å²) < 4.78 is 6.57. The molecule has 0 bridgehead atoms. The summed E-state index contributed by atoms with van der Waals surface area (Å²) in [5.74, 6) is 0.0846. The van der Waals surface area contributed by atoms with Gasteiger partial charge in [-0.05, 0) is 71.9 Å². The van der Waals surface area contributed by atoms with Crippen LogP contribution in [0.2, 0.25) is 5.02 Å². The minimum absolute atomic E-state index is 0.0245. The third kappa shape index (κ3) is 7.25. The first kappa shape index (κ1) is 25.2. The lowest BCUT2D eigenvalue weighted by Gasteiger charge is -2.30. The molecule has 2 aromatic rings. The van der Waals surface area contributed by atoms with E-state index in [9.17, 15) is 9.59 Å². The van der Waals surface area contributed by atoms with Crippen molar-refractivity contribution in [2.75, 3.05) is 6.61 Å². The minimum Gasteiger partial charge on any atom is -0.483 e. The van der Waals surface area contributed by atoms with E-state index in [-0.39, 0.29) is 31.0 Å². The molecule has 0 aliphatic heterocycles. The van der Waals surface area contributed by atoms with Crippen molar-refractivity contribution in [1.82, 2.24) is 10.2 Å². The number of benzene rings is 2. The lowest BCUT2D eigenvalue weighted by Crippen LogP contribution is -2.50. The van der Waals surface area contributed by atoms with Crippen LogP contribution in [0.25, 0.3) is 0 Å². The molecular weight excluding hydrogens is 480 g/mol. The molecule has 0 saturated carbocycles. The largest absolute Gasteiger partial charge is 0.483 e. The molecule has 0 saturated heterocycles. The van der Waals surface area contributed by atoms with E-state index in [0.717, 1.165) is 22.9 Å². The van der Waals surface area contributed by atoms with Gasteiger partial charge in [-0.2, -0.15) is 0 Å². The minimum atomic E-state index is -0.674. The molecule has 0 aliphatic rings. The fourth-order valence-electron chi connectivity index (χ4n) is 2.96. The number of ether oxygens (including phenoxy) is 1. The summed E-state index contributed by atoms with van der Waals surface area (Å²) >= 11 is 9.80. The molecule has 2 aromatic carbocycles. The molecule has 0 aromatic heterocycles. The highest BCUT2D eigenvalue weighted by Crippen LogP contribution is 2.26. The molecular formula is C24H30BrClN2O3. The standard InChI is InChI=1S/C24H30BrClN2O3/c1-5-16(3)27-24(30)17(4)28(14-19-9-7-8-10-21(19)26)23(29)15-31-22-12-11-18(6-2)13-20(22)25/h7-13,16-17H,5-6,14-15H2,1-4H3,(H,27,30).